The van der Waals surface area contributed by atoms with E-state index in [1.807, 2.05) is 62.4 Å². The highest BCUT2D eigenvalue weighted by molar-refractivity contribution is 5.93. The lowest BCUT2D eigenvalue weighted by molar-refractivity contribution is -0.123. The number of likely N-dealkylation sites (N-methyl/N-ethyl adjacent to an activating group) is 1. The molecular weight excluding hydrogens is 350 g/mol. The van der Waals surface area contributed by atoms with Crippen molar-refractivity contribution in [1.82, 2.24) is 10.2 Å². The molecule has 0 aromatic heterocycles. The molecule has 0 aliphatic carbocycles. The molecule has 2 aromatic rings. The molecule has 0 unspecified atom stereocenters. The van der Waals surface area contributed by atoms with Crippen LogP contribution in [0.2, 0.25) is 0 Å². The maximum Gasteiger partial charge on any atom is 0.238 e. The highest BCUT2D eigenvalue weighted by Crippen LogP contribution is 2.19. The maximum absolute atomic E-state index is 12.5. The quantitative estimate of drug-likeness (QED) is 0.694. The van der Waals surface area contributed by atoms with Crippen LogP contribution >= 0.6 is 0 Å². The third-order valence-corrected chi connectivity index (χ3v) is 4.82. The molecule has 0 saturated heterocycles. The van der Waals surface area contributed by atoms with Crippen molar-refractivity contribution in [2.45, 2.75) is 39.7 Å². The van der Waals surface area contributed by atoms with Crippen molar-refractivity contribution in [1.29, 1.82) is 0 Å². The Morgan fingerprint density at radius 2 is 1.64 bits per heavy atom. The van der Waals surface area contributed by atoms with Crippen molar-refractivity contribution in [3.05, 3.63) is 65.2 Å². The summed E-state index contributed by atoms with van der Waals surface area (Å²) >= 11 is 0. The molecule has 0 radical (unpaired) electrons. The van der Waals surface area contributed by atoms with Gasteiger partial charge in [0.2, 0.25) is 11.8 Å². The van der Waals surface area contributed by atoms with Crippen LogP contribution in [-0.2, 0) is 9.59 Å². The first-order valence-electron chi connectivity index (χ1n) is 9.79. The summed E-state index contributed by atoms with van der Waals surface area (Å²) in [6.45, 7) is 6.43. The Balaban J connectivity index is 1.87. The minimum absolute atomic E-state index is 0.00382. The predicted octanol–water partition coefficient (Wildman–Crippen LogP) is 3.83. The number of nitrogens with zero attached hydrogens (tertiary/aromatic N) is 1. The second-order valence-electron chi connectivity index (χ2n) is 7.29. The molecule has 2 amide bonds. The van der Waals surface area contributed by atoms with E-state index in [9.17, 15) is 9.59 Å². The van der Waals surface area contributed by atoms with E-state index < -0.39 is 0 Å². The molecule has 0 aliphatic heterocycles. The fraction of sp³-hybridized carbons (Fsp3) is 0.391. The van der Waals surface area contributed by atoms with Crippen LogP contribution in [0.25, 0.3) is 0 Å². The number of rotatable bonds is 9. The zero-order valence-corrected chi connectivity index (χ0v) is 17.3. The van der Waals surface area contributed by atoms with Crippen LogP contribution < -0.4 is 10.6 Å². The van der Waals surface area contributed by atoms with E-state index in [0.29, 0.717) is 0 Å². The Bertz CT molecular complexity index is 790. The van der Waals surface area contributed by atoms with E-state index in [2.05, 4.69) is 17.6 Å². The van der Waals surface area contributed by atoms with Crippen LogP contribution in [0, 0.1) is 13.8 Å². The smallest absolute Gasteiger partial charge is 0.238 e. The van der Waals surface area contributed by atoms with E-state index in [4.69, 9.17) is 0 Å². The molecule has 0 aliphatic rings. The van der Waals surface area contributed by atoms with E-state index in [-0.39, 0.29) is 30.9 Å². The monoisotopic (exact) mass is 381 g/mol. The number of hydrogen-bond acceptors (Lipinski definition) is 3. The Labute approximate surface area is 168 Å². The summed E-state index contributed by atoms with van der Waals surface area (Å²) in [7, 11) is 1.78. The number of carbonyl (C=O) groups excluding carboxylic acids is 2. The van der Waals surface area contributed by atoms with Gasteiger partial charge in [-0.3, -0.25) is 14.5 Å². The number of aryl methyl sites for hydroxylation is 1. The summed E-state index contributed by atoms with van der Waals surface area (Å²) in [5, 5.41) is 6.02. The molecule has 0 saturated carbocycles. The number of hydrogen-bond donors (Lipinski definition) is 2. The number of benzene rings is 2. The van der Waals surface area contributed by atoms with Crippen LogP contribution in [0.1, 0.15) is 42.5 Å². The van der Waals surface area contributed by atoms with Gasteiger partial charge in [0, 0.05) is 5.69 Å². The zero-order valence-electron chi connectivity index (χ0n) is 17.3. The van der Waals surface area contributed by atoms with Gasteiger partial charge in [0.15, 0.2) is 0 Å². The first-order valence-corrected chi connectivity index (χ1v) is 9.79. The van der Waals surface area contributed by atoms with E-state index in [0.717, 1.165) is 35.2 Å². The van der Waals surface area contributed by atoms with Gasteiger partial charge in [0.25, 0.3) is 0 Å². The number of carbonyl (C=O) groups is 2. The largest absolute Gasteiger partial charge is 0.348 e. The van der Waals surface area contributed by atoms with Gasteiger partial charge < -0.3 is 10.6 Å². The third kappa shape index (κ3) is 6.50. The first kappa shape index (κ1) is 21.6. The van der Waals surface area contributed by atoms with Gasteiger partial charge in [-0.1, -0.05) is 55.8 Å². The van der Waals surface area contributed by atoms with E-state index in [1.165, 1.54) is 0 Å². The van der Waals surface area contributed by atoms with Crippen LogP contribution in [0.15, 0.2) is 48.5 Å². The molecule has 2 rings (SSSR count). The number of amides is 2. The lowest BCUT2D eigenvalue weighted by atomic mass is 10.0. The predicted molar refractivity (Wildman–Crippen MR) is 114 cm³/mol. The Kier molecular flexibility index (Phi) is 8.20. The summed E-state index contributed by atoms with van der Waals surface area (Å²) in [5.41, 5.74) is 4.11. The van der Waals surface area contributed by atoms with Gasteiger partial charge in [-0.25, -0.2) is 0 Å². The molecule has 2 aromatic carbocycles. The molecule has 0 bridgehead atoms. The van der Waals surface area contributed by atoms with Gasteiger partial charge >= 0.3 is 0 Å². The molecule has 2 N–H and O–H groups in total. The number of nitrogens with one attached hydrogen (secondary N) is 2. The van der Waals surface area contributed by atoms with Gasteiger partial charge in [0.05, 0.1) is 19.1 Å². The van der Waals surface area contributed by atoms with Crippen LogP contribution in [0.5, 0.6) is 0 Å². The van der Waals surface area contributed by atoms with Crippen molar-refractivity contribution in [3.8, 4) is 0 Å². The lowest BCUT2D eigenvalue weighted by Crippen LogP contribution is -2.40. The summed E-state index contributed by atoms with van der Waals surface area (Å²) < 4.78 is 0. The topological polar surface area (TPSA) is 61.4 Å². The van der Waals surface area contributed by atoms with Crippen LogP contribution in [-0.4, -0.2) is 36.9 Å². The highest BCUT2D eigenvalue weighted by Gasteiger charge is 2.16. The molecule has 5 heteroatoms. The van der Waals surface area contributed by atoms with Crippen molar-refractivity contribution < 1.29 is 9.59 Å². The molecule has 0 spiro atoms. The SMILES string of the molecule is CCC[C@H](NC(=O)CN(C)CC(=O)Nc1cccc(C)c1C)c1ccccc1. The summed E-state index contributed by atoms with van der Waals surface area (Å²) in [6.07, 6.45) is 1.86. The first-order chi connectivity index (χ1) is 13.4. The summed E-state index contributed by atoms with van der Waals surface area (Å²) in [5.74, 6) is -0.207. The fourth-order valence-electron chi connectivity index (χ4n) is 3.16. The standard InChI is InChI=1S/C23H31N3O2/c1-5-10-21(19-12-7-6-8-13-19)25-23(28)16-26(4)15-22(27)24-20-14-9-11-17(2)18(20)3/h6-9,11-14,21H,5,10,15-16H2,1-4H3,(H,24,27)(H,25,28)/t21-/m0/s1. The van der Waals surface area contributed by atoms with Gasteiger partial charge in [-0.2, -0.15) is 0 Å². The van der Waals surface area contributed by atoms with Gasteiger partial charge in [0.1, 0.15) is 0 Å². The lowest BCUT2D eigenvalue weighted by Gasteiger charge is -2.21. The van der Waals surface area contributed by atoms with Crippen molar-refractivity contribution in [2.24, 2.45) is 0 Å². The average molecular weight is 382 g/mol. The van der Waals surface area contributed by atoms with Crippen molar-refractivity contribution >= 4 is 17.5 Å². The minimum atomic E-state index is -0.128. The zero-order chi connectivity index (χ0) is 20.5. The molecule has 0 fully saturated rings. The molecular formula is C23H31N3O2. The van der Waals surface area contributed by atoms with Crippen LogP contribution in [0.4, 0.5) is 5.69 Å². The second kappa shape index (κ2) is 10.6. The van der Waals surface area contributed by atoms with E-state index in [1.54, 1.807) is 11.9 Å². The molecule has 5 nitrogen and oxygen atoms in total. The van der Waals surface area contributed by atoms with Gasteiger partial charge in [-0.05, 0) is 50.1 Å². The fourth-order valence-corrected chi connectivity index (χ4v) is 3.16. The molecule has 1 atom stereocenters. The summed E-state index contributed by atoms with van der Waals surface area (Å²) in [4.78, 5) is 26.5. The van der Waals surface area contributed by atoms with Gasteiger partial charge in [-0.15, -0.1) is 0 Å². The normalized spacial score (nSPS) is 11.9. The highest BCUT2D eigenvalue weighted by atomic mass is 16.2. The maximum atomic E-state index is 12.5. The Morgan fingerprint density at radius 1 is 0.964 bits per heavy atom. The Hall–Kier alpha value is -2.66. The van der Waals surface area contributed by atoms with Crippen molar-refractivity contribution in [3.63, 3.8) is 0 Å². The average Bonchev–Trinajstić information content (AvgIpc) is 2.65. The molecule has 28 heavy (non-hydrogen) atoms. The van der Waals surface area contributed by atoms with E-state index >= 15 is 0 Å². The third-order valence-electron chi connectivity index (χ3n) is 4.82. The molecule has 150 valence electrons. The minimum Gasteiger partial charge on any atom is -0.348 e. The Morgan fingerprint density at radius 3 is 2.32 bits per heavy atom. The number of anilines is 1. The van der Waals surface area contributed by atoms with Crippen molar-refractivity contribution in [2.75, 3.05) is 25.5 Å². The second-order valence-corrected chi connectivity index (χ2v) is 7.29. The van der Waals surface area contributed by atoms with Crippen LogP contribution in [0.3, 0.4) is 0 Å². The summed E-state index contributed by atoms with van der Waals surface area (Å²) in [6, 6.07) is 15.8. The molecule has 0 heterocycles.